The third-order valence-corrected chi connectivity index (χ3v) is 3.20. The van der Waals surface area contributed by atoms with E-state index >= 15 is 0 Å². The summed E-state index contributed by atoms with van der Waals surface area (Å²) >= 11 is 0. The third kappa shape index (κ3) is 3.22. The lowest BCUT2D eigenvalue weighted by Gasteiger charge is -2.22. The fourth-order valence-corrected chi connectivity index (χ4v) is 2.21. The summed E-state index contributed by atoms with van der Waals surface area (Å²) in [4.78, 5) is 0. The molecule has 2 unspecified atom stereocenters. The second-order valence-electron chi connectivity index (χ2n) is 4.63. The second-order valence-corrected chi connectivity index (χ2v) is 4.63. The van der Waals surface area contributed by atoms with Gasteiger partial charge in [-0.1, -0.05) is 37.3 Å². The van der Waals surface area contributed by atoms with Crippen LogP contribution in [0.4, 0.5) is 0 Å². The molecule has 102 valence electrons. The molecular formula is C15H21N3O. The monoisotopic (exact) mass is 259 g/mol. The lowest BCUT2D eigenvalue weighted by molar-refractivity contribution is 0.0801. The zero-order chi connectivity index (χ0) is 13.7. The van der Waals surface area contributed by atoms with Crippen molar-refractivity contribution in [2.45, 2.75) is 32.0 Å². The first-order chi connectivity index (χ1) is 9.26. The van der Waals surface area contributed by atoms with Gasteiger partial charge in [-0.2, -0.15) is 5.10 Å². The lowest BCUT2D eigenvalue weighted by atomic mass is 9.99. The average Bonchev–Trinajstić information content (AvgIpc) is 2.90. The molecule has 0 spiro atoms. The van der Waals surface area contributed by atoms with Gasteiger partial charge in [0.25, 0.3) is 0 Å². The minimum absolute atomic E-state index is 0.152. The average molecular weight is 259 g/mol. The van der Waals surface area contributed by atoms with Gasteiger partial charge in [0.15, 0.2) is 0 Å². The van der Waals surface area contributed by atoms with Gasteiger partial charge in [-0.25, -0.2) is 0 Å². The maximum absolute atomic E-state index is 6.31. The zero-order valence-electron chi connectivity index (χ0n) is 11.5. The topological polar surface area (TPSA) is 53.1 Å². The molecule has 19 heavy (non-hydrogen) atoms. The standard InChI is InChI=1S/C15H21N3O/c1-3-9-18-11-13(10-17-18)14(16)15(19-2)12-7-5-4-6-8-12/h4-8,10-11,14-15H,3,9,16H2,1-2H3. The van der Waals surface area contributed by atoms with Crippen LogP contribution in [0, 0.1) is 0 Å². The molecule has 0 amide bonds. The van der Waals surface area contributed by atoms with Crippen LogP contribution in [-0.2, 0) is 11.3 Å². The molecule has 0 aliphatic rings. The van der Waals surface area contributed by atoms with E-state index in [1.165, 1.54) is 0 Å². The highest BCUT2D eigenvalue weighted by molar-refractivity contribution is 5.23. The van der Waals surface area contributed by atoms with E-state index in [2.05, 4.69) is 12.0 Å². The van der Waals surface area contributed by atoms with Gasteiger partial charge in [0.05, 0.1) is 12.2 Å². The van der Waals surface area contributed by atoms with Crippen LogP contribution in [-0.4, -0.2) is 16.9 Å². The normalized spacial score (nSPS) is 14.3. The van der Waals surface area contributed by atoms with Crippen LogP contribution in [0.5, 0.6) is 0 Å². The first kappa shape index (κ1) is 13.8. The minimum atomic E-state index is -0.210. The van der Waals surface area contributed by atoms with Crippen molar-refractivity contribution in [3.63, 3.8) is 0 Å². The fraction of sp³-hybridized carbons (Fsp3) is 0.400. The summed E-state index contributed by atoms with van der Waals surface area (Å²) in [5.41, 5.74) is 8.40. The number of benzene rings is 1. The molecule has 1 aromatic heterocycles. The molecule has 2 rings (SSSR count). The summed E-state index contributed by atoms with van der Waals surface area (Å²) < 4.78 is 7.48. The summed E-state index contributed by atoms with van der Waals surface area (Å²) in [5.74, 6) is 0. The van der Waals surface area contributed by atoms with E-state index in [1.807, 2.05) is 47.4 Å². The lowest BCUT2D eigenvalue weighted by Crippen LogP contribution is -2.21. The summed E-state index contributed by atoms with van der Waals surface area (Å²) in [6.45, 7) is 3.04. The number of methoxy groups -OCH3 is 1. The van der Waals surface area contributed by atoms with Gasteiger partial charge >= 0.3 is 0 Å². The van der Waals surface area contributed by atoms with Gasteiger partial charge in [-0.15, -0.1) is 0 Å². The Bertz CT molecular complexity index is 495. The Morgan fingerprint density at radius 3 is 2.63 bits per heavy atom. The van der Waals surface area contributed by atoms with Gasteiger partial charge in [0, 0.05) is 25.4 Å². The van der Waals surface area contributed by atoms with Crippen molar-refractivity contribution < 1.29 is 4.74 Å². The predicted molar refractivity (Wildman–Crippen MR) is 75.6 cm³/mol. The van der Waals surface area contributed by atoms with E-state index in [0.717, 1.165) is 24.1 Å². The van der Waals surface area contributed by atoms with Crippen LogP contribution in [0.3, 0.4) is 0 Å². The summed E-state index contributed by atoms with van der Waals surface area (Å²) in [6.07, 6.45) is 4.74. The molecule has 0 bridgehead atoms. The van der Waals surface area contributed by atoms with Gasteiger partial charge in [-0.05, 0) is 12.0 Å². The molecule has 2 N–H and O–H groups in total. The Balaban J connectivity index is 2.18. The van der Waals surface area contributed by atoms with E-state index in [4.69, 9.17) is 10.5 Å². The number of aryl methyl sites for hydroxylation is 1. The molecule has 0 fully saturated rings. The van der Waals surface area contributed by atoms with Crippen LogP contribution in [0.25, 0.3) is 0 Å². The van der Waals surface area contributed by atoms with Crippen molar-refractivity contribution >= 4 is 0 Å². The molecule has 0 aliphatic heterocycles. The molecular weight excluding hydrogens is 238 g/mol. The predicted octanol–water partition coefficient (Wildman–Crippen LogP) is 2.68. The van der Waals surface area contributed by atoms with Gasteiger partial charge in [0.1, 0.15) is 6.10 Å². The molecule has 1 aromatic carbocycles. The number of hydrogen-bond acceptors (Lipinski definition) is 3. The maximum atomic E-state index is 6.31. The Morgan fingerprint density at radius 2 is 2.00 bits per heavy atom. The summed E-state index contributed by atoms with van der Waals surface area (Å²) in [5, 5.41) is 4.32. The number of nitrogens with two attached hydrogens (primary N) is 1. The van der Waals surface area contributed by atoms with E-state index in [0.29, 0.717) is 0 Å². The van der Waals surface area contributed by atoms with E-state index < -0.39 is 0 Å². The quantitative estimate of drug-likeness (QED) is 0.867. The van der Waals surface area contributed by atoms with Gasteiger partial charge in [-0.3, -0.25) is 4.68 Å². The Hall–Kier alpha value is -1.65. The first-order valence-electron chi connectivity index (χ1n) is 6.62. The number of nitrogens with zero attached hydrogens (tertiary/aromatic N) is 2. The Morgan fingerprint density at radius 1 is 1.26 bits per heavy atom. The summed E-state index contributed by atoms with van der Waals surface area (Å²) in [7, 11) is 1.69. The minimum Gasteiger partial charge on any atom is -0.375 e. The van der Waals surface area contributed by atoms with Crippen LogP contribution < -0.4 is 5.73 Å². The highest BCUT2D eigenvalue weighted by Crippen LogP contribution is 2.29. The Labute approximate surface area is 114 Å². The van der Waals surface area contributed by atoms with Crippen molar-refractivity contribution in [3.05, 3.63) is 53.9 Å². The number of hydrogen-bond donors (Lipinski definition) is 1. The van der Waals surface area contributed by atoms with Crippen LogP contribution in [0.1, 0.15) is 36.6 Å². The first-order valence-corrected chi connectivity index (χ1v) is 6.62. The molecule has 0 radical (unpaired) electrons. The largest absolute Gasteiger partial charge is 0.375 e. The SMILES string of the molecule is CCCn1cc(C(N)C(OC)c2ccccc2)cn1. The van der Waals surface area contributed by atoms with E-state index in [9.17, 15) is 0 Å². The number of aromatic nitrogens is 2. The summed E-state index contributed by atoms with van der Waals surface area (Å²) in [6, 6.07) is 9.83. The molecule has 1 heterocycles. The van der Waals surface area contributed by atoms with Crippen molar-refractivity contribution in [1.29, 1.82) is 0 Å². The highest BCUT2D eigenvalue weighted by atomic mass is 16.5. The number of rotatable bonds is 6. The van der Waals surface area contributed by atoms with Crippen molar-refractivity contribution in [2.24, 2.45) is 5.73 Å². The third-order valence-electron chi connectivity index (χ3n) is 3.20. The molecule has 2 aromatic rings. The van der Waals surface area contributed by atoms with Crippen molar-refractivity contribution in [1.82, 2.24) is 9.78 Å². The maximum Gasteiger partial charge on any atom is 0.101 e. The van der Waals surface area contributed by atoms with Crippen molar-refractivity contribution in [3.8, 4) is 0 Å². The van der Waals surface area contributed by atoms with Gasteiger partial charge in [0.2, 0.25) is 0 Å². The van der Waals surface area contributed by atoms with Crippen molar-refractivity contribution in [2.75, 3.05) is 7.11 Å². The molecule has 4 heteroatoms. The van der Waals surface area contributed by atoms with Crippen LogP contribution >= 0.6 is 0 Å². The second kappa shape index (κ2) is 6.50. The highest BCUT2D eigenvalue weighted by Gasteiger charge is 2.22. The molecule has 0 aliphatic carbocycles. The smallest absolute Gasteiger partial charge is 0.101 e. The van der Waals surface area contributed by atoms with E-state index in [1.54, 1.807) is 7.11 Å². The molecule has 4 nitrogen and oxygen atoms in total. The Kier molecular flexibility index (Phi) is 4.71. The molecule has 2 atom stereocenters. The fourth-order valence-electron chi connectivity index (χ4n) is 2.21. The van der Waals surface area contributed by atoms with Gasteiger partial charge < -0.3 is 10.5 Å². The van der Waals surface area contributed by atoms with E-state index in [-0.39, 0.29) is 12.1 Å². The zero-order valence-corrected chi connectivity index (χ0v) is 11.5. The molecule has 0 saturated carbocycles. The number of ether oxygens (including phenoxy) is 1. The molecule has 0 saturated heterocycles. The van der Waals surface area contributed by atoms with Crippen LogP contribution in [0.15, 0.2) is 42.7 Å². The van der Waals surface area contributed by atoms with Crippen LogP contribution in [0.2, 0.25) is 0 Å².